The molecule has 0 heterocycles. The number of carboxylic acid groups (broad SMARTS) is 1. The average Bonchev–Trinajstić information content (AvgIpc) is 2.79. The fraction of sp³-hybridized carbons (Fsp3) is 0.481. The van der Waals surface area contributed by atoms with E-state index in [9.17, 15) is 15.2 Å². The SMILES string of the molecule is CCCCCc1ccc(-c2ccc(C3C(CC)CCCC3(C#N)C(=O)O)cc2)cc1. The van der Waals surface area contributed by atoms with Gasteiger partial charge in [-0.15, -0.1) is 0 Å². The highest BCUT2D eigenvalue weighted by atomic mass is 16.4. The molecule has 1 aliphatic rings. The Balaban J connectivity index is 1.84. The van der Waals surface area contributed by atoms with Crippen LogP contribution in [0.4, 0.5) is 0 Å². The molecule has 3 rings (SSSR count). The molecule has 158 valence electrons. The third-order valence-corrected chi connectivity index (χ3v) is 6.88. The molecule has 0 bridgehead atoms. The third-order valence-electron chi connectivity index (χ3n) is 6.88. The molecule has 0 saturated heterocycles. The topological polar surface area (TPSA) is 61.1 Å². The number of aliphatic carboxylic acids is 1. The minimum absolute atomic E-state index is 0.225. The Hall–Kier alpha value is -2.60. The van der Waals surface area contributed by atoms with Crippen LogP contribution in [-0.4, -0.2) is 11.1 Å². The normalized spacial score (nSPS) is 23.6. The number of hydrogen-bond donors (Lipinski definition) is 1. The Morgan fingerprint density at radius 3 is 2.23 bits per heavy atom. The quantitative estimate of drug-likeness (QED) is 0.484. The molecule has 0 radical (unpaired) electrons. The van der Waals surface area contributed by atoms with Gasteiger partial charge in [0.1, 0.15) is 0 Å². The van der Waals surface area contributed by atoms with E-state index in [4.69, 9.17) is 0 Å². The van der Waals surface area contributed by atoms with Crippen LogP contribution in [0.5, 0.6) is 0 Å². The van der Waals surface area contributed by atoms with Gasteiger partial charge in [-0.2, -0.15) is 5.26 Å². The summed E-state index contributed by atoms with van der Waals surface area (Å²) in [5.74, 6) is -1.01. The van der Waals surface area contributed by atoms with Crippen molar-refractivity contribution in [1.29, 1.82) is 5.26 Å². The zero-order valence-corrected chi connectivity index (χ0v) is 18.2. The number of nitrogens with zero attached hydrogens (tertiary/aromatic N) is 1. The summed E-state index contributed by atoms with van der Waals surface area (Å²) in [4.78, 5) is 12.1. The molecule has 1 saturated carbocycles. The number of hydrogen-bond acceptors (Lipinski definition) is 2. The summed E-state index contributed by atoms with van der Waals surface area (Å²) in [6.07, 6.45) is 7.97. The lowest BCUT2D eigenvalue weighted by atomic mass is 9.59. The second-order valence-electron chi connectivity index (χ2n) is 8.70. The molecule has 0 spiro atoms. The Morgan fingerprint density at radius 2 is 1.70 bits per heavy atom. The maximum absolute atomic E-state index is 12.1. The molecule has 3 unspecified atom stereocenters. The number of unbranched alkanes of at least 4 members (excludes halogenated alkanes) is 2. The predicted octanol–water partition coefficient (Wildman–Crippen LogP) is 6.97. The average molecular weight is 404 g/mol. The maximum Gasteiger partial charge on any atom is 0.324 e. The molecular weight excluding hydrogens is 370 g/mol. The van der Waals surface area contributed by atoms with Crippen LogP contribution in [0.2, 0.25) is 0 Å². The zero-order valence-electron chi connectivity index (χ0n) is 18.2. The Labute approximate surface area is 180 Å². The van der Waals surface area contributed by atoms with Crippen LogP contribution in [0.25, 0.3) is 11.1 Å². The summed E-state index contributed by atoms with van der Waals surface area (Å²) in [7, 11) is 0. The second kappa shape index (κ2) is 9.94. The number of carboxylic acids is 1. The summed E-state index contributed by atoms with van der Waals surface area (Å²) < 4.78 is 0. The van der Waals surface area contributed by atoms with E-state index in [-0.39, 0.29) is 11.8 Å². The first-order chi connectivity index (χ1) is 14.6. The van der Waals surface area contributed by atoms with Crippen molar-refractivity contribution in [2.24, 2.45) is 11.3 Å². The Bertz CT molecular complexity index is 879. The predicted molar refractivity (Wildman–Crippen MR) is 121 cm³/mol. The van der Waals surface area contributed by atoms with Crippen LogP contribution in [0.1, 0.15) is 75.8 Å². The number of rotatable bonds is 8. The molecule has 0 aliphatic heterocycles. The molecule has 1 fully saturated rings. The summed E-state index contributed by atoms with van der Waals surface area (Å²) in [5.41, 5.74) is 3.32. The van der Waals surface area contributed by atoms with Crippen molar-refractivity contribution >= 4 is 5.97 Å². The third kappa shape index (κ3) is 4.43. The smallest absolute Gasteiger partial charge is 0.324 e. The highest BCUT2D eigenvalue weighted by Gasteiger charge is 2.52. The van der Waals surface area contributed by atoms with Gasteiger partial charge in [0.2, 0.25) is 0 Å². The molecule has 1 N–H and O–H groups in total. The number of benzene rings is 2. The van der Waals surface area contributed by atoms with Gasteiger partial charge < -0.3 is 5.11 Å². The monoisotopic (exact) mass is 403 g/mol. The summed E-state index contributed by atoms with van der Waals surface area (Å²) in [6.45, 7) is 4.32. The fourth-order valence-electron chi connectivity index (χ4n) is 5.10. The standard InChI is InChI=1S/C27H33NO2/c1-3-5-6-8-20-10-12-22(13-11-20)23-14-16-24(17-15-23)25-21(4-2)9-7-18-27(25,19-28)26(29)30/h10-17,21,25H,3-9,18H2,1-2H3,(H,29,30). The minimum atomic E-state index is -1.32. The lowest BCUT2D eigenvalue weighted by Gasteiger charge is -2.41. The van der Waals surface area contributed by atoms with Crippen LogP contribution in [0.3, 0.4) is 0 Å². The van der Waals surface area contributed by atoms with Gasteiger partial charge in [-0.25, -0.2) is 0 Å². The first-order valence-electron chi connectivity index (χ1n) is 11.4. The summed E-state index contributed by atoms with van der Waals surface area (Å²) >= 11 is 0. The first-order valence-corrected chi connectivity index (χ1v) is 11.4. The van der Waals surface area contributed by atoms with Crippen LogP contribution in [-0.2, 0) is 11.2 Å². The van der Waals surface area contributed by atoms with E-state index in [0.29, 0.717) is 6.42 Å². The van der Waals surface area contributed by atoms with Gasteiger partial charge in [0.05, 0.1) is 6.07 Å². The minimum Gasteiger partial charge on any atom is -0.480 e. The van der Waals surface area contributed by atoms with Gasteiger partial charge >= 0.3 is 5.97 Å². The van der Waals surface area contributed by atoms with E-state index in [1.807, 2.05) is 12.1 Å². The number of aryl methyl sites for hydroxylation is 1. The van der Waals surface area contributed by atoms with Gasteiger partial charge in [-0.05, 0) is 53.9 Å². The summed E-state index contributed by atoms with van der Waals surface area (Å²) in [5, 5.41) is 19.8. The molecule has 2 aromatic carbocycles. The lowest BCUT2D eigenvalue weighted by Crippen LogP contribution is -2.42. The van der Waals surface area contributed by atoms with Crippen LogP contribution >= 0.6 is 0 Å². The maximum atomic E-state index is 12.1. The van der Waals surface area contributed by atoms with Crippen molar-refractivity contribution in [1.82, 2.24) is 0 Å². The van der Waals surface area contributed by atoms with Crippen molar-refractivity contribution in [3.05, 3.63) is 59.7 Å². The van der Waals surface area contributed by atoms with E-state index in [1.54, 1.807) is 0 Å². The molecule has 30 heavy (non-hydrogen) atoms. The van der Waals surface area contributed by atoms with Crippen molar-refractivity contribution in [2.45, 2.75) is 71.1 Å². The van der Waals surface area contributed by atoms with Gasteiger partial charge in [0.25, 0.3) is 0 Å². The van der Waals surface area contributed by atoms with Crippen molar-refractivity contribution < 1.29 is 9.90 Å². The van der Waals surface area contributed by atoms with E-state index in [0.717, 1.165) is 36.8 Å². The molecule has 3 heteroatoms. The highest BCUT2D eigenvalue weighted by Crippen LogP contribution is 2.51. The van der Waals surface area contributed by atoms with Gasteiger partial charge in [0, 0.05) is 5.92 Å². The molecular formula is C27H33NO2. The largest absolute Gasteiger partial charge is 0.480 e. The van der Waals surface area contributed by atoms with Crippen molar-refractivity contribution in [2.75, 3.05) is 0 Å². The number of nitriles is 1. The first kappa shape index (κ1) is 22.1. The van der Waals surface area contributed by atoms with Crippen molar-refractivity contribution in [3.8, 4) is 17.2 Å². The van der Waals surface area contributed by atoms with Gasteiger partial charge in [0.15, 0.2) is 5.41 Å². The van der Waals surface area contributed by atoms with E-state index in [2.05, 4.69) is 56.3 Å². The van der Waals surface area contributed by atoms with E-state index in [1.165, 1.54) is 30.4 Å². The Kier molecular flexibility index (Phi) is 7.32. The van der Waals surface area contributed by atoms with Gasteiger partial charge in [-0.3, -0.25) is 4.79 Å². The summed E-state index contributed by atoms with van der Waals surface area (Å²) in [6, 6.07) is 19.2. The highest BCUT2D eigenvalue weighted by molar-refractivity contribution is 5.80. The van der Waals surface area contributed by atoms with Gasteiger partial charge in [-0.1, -0.05) is 88.1 Å². The molecule has 2 aromatic rings. The number of carbonyl (C=O) groups is 1. The van der Waals surface area contributed by atoms with Crippen LogP contribution < -0.4 is 0 Å². The van der Waals surface area contributed by atoms with Crippen LogP contribution in [0.15, 0.2) is 48.5 Å². The zero-order chi connectivity index (χ0) is 21.6. The van der Waals surface area contributed by atoms with Crippen LogP contribution in [0, 0.1) is 22.7 Å². The van der Waals surface area contributed by atoms with Crippen molar-refractivity contribution in [3.63, 3.8) is 0 Å². The molecule has 3 atom stereocenters. The van der Waals surface area contributed by atoms with E-state index >= 15 is 0 Å². The second-order valence-corrected chi connectivity index (χ2v) is 8.70. The molecule has 3 nitrogen and oxygen atoms in total. The lowest BCUT2D eigenvalue weighted by molar-refractivity contribution is -0.149. The fourth-order valence-corrected chi connectivity index (χ4v) is 5.10. The Morgan fingerprint density at radius 1 is 1.07 bits per heavy atom. The van der Waals surface area contributed by atoms with E-state index < -0.39 is 11.4 Å². The molecule has 1 aliphatic carbocycles. The molecule has 0 amide bonds. The molecule has 0 aromatic heterocycles.